The van der Waals surface area contributed by atoms with Crippen LogP contribution in [0.4, 0.5) is 0 Å². The van der Waals surface area contributed by atoms with Crippen LogP contribution in [0.3, 0.4) is 0 Å². The zero-order valence-corrected chi connectivity index (χ0v) is 44.5. The Labute approximate surface area is 465 Å². The predicted molar refractivity (Wildman–Crippen MR) is 284 cm³/mol. The van der Waals surface area contributed by atoms with Gasteiger partial charge in [0.1, 0.15) is 60.5 Å². The number of nitrogens with zero attached hydrogens (tertiary/aromatic N) is 2. The Balaban J connectivity index is 1.27. The highest BCUT2D eigenvalue weighted by Crippen LogP contribution is 2.29. The quantitative estimate of drug-likeness (QED) is 0.0210. The Bertz CT molecular complexity index is 2960. The molecule has 33 nitrogen and oxygen atoms in total. The number of aromatic nitrogens is 4. The monoisotopic (exact) mass is 1160 g/mol. The van der Waals surface area contributed by atoms with Crippen molar-refractivity contribution in [1.29, 1.82) is 0 Å². The summed E-state index contributed by atoms with van der Waals surface area (Å²) in [6.07, 6.45) is -10.6. The zero-order valence-electron chi connectivity index (χ0n) is 44.5. The SMILES string of the molecule is COc1ccc(B(O)O)cc1C(=O)NCCCC[C@H](NC(=O)[C@@H](N)CCC(=O)NC[C@H]1O[C@@H](n2ccc(=O)[nH]c2=O)[C@H](O)[C@@H]1O)C(=O)N[C@@H](CCC(=O)NC[C@H]1O[C@@H](n2ccc(=O)[nH]c2=O)[C@H](O)[C@@H]1O)C(=O)N[C@@H](CCCCN)C(N)=O. The highest BCUT2D eigenvalue weighted by Gasteiger charge is 2.45. The Hall–Kier alpha value is -7.67. The van der Waals surface area contributed by atoms with E-state index in [1.165, 1.54) is 25.3 Å². The number of hydrogen-bond donors (Lipinski definition) is 17. The third kappa shape index (κ3) is 18.2. The number of nitrogens with one attached hydrogen (secondary N) is 8. The van der Waals surface area contributed by atoms with Crippen LogP contribution in [0.25, 0.3) is 0 Å². The lowest BCUT2D eigenvalue weighted by atomic mass is 9.79. The van der Waals surface area contributed by atoms with Gasteiger partial charge in [-0.3, -0.25) is 62.3 Å². The molecule has 20 N–H and O–H groups in total. The molecule has 450 valence electrons. The maximum absolute atomic E-state index is 14.3. The topological polar surface area (TPSA) is 529 Å². The summed E-state index contributed by atoms with van der Waals surface area (Å²) in [5, 5.41) is 76.9. The molecule has 0 aliphatic carbocycles. The van der Waals surface area contributed by atoms with E-state index >= 15 is 0 Å². The minimum absolute atomic E-state index is 0.00814. The first-order chi connectivity index (χ1) is 38.9. The highest BCUT2D eigenvalue weighted by atomic mass is 16.6. The van der Waals surface area contributed by atoms with Gasteiger partial charge in [0.2, 0.25) is 35.4 Å². The van der Waals surface area contributed by atoms with E-state index in [1.54, 1.807) is 0 Å². The Morgan fingerprint density at radius 1 is 0.659 bits per heavy atom. The number of nitrogens with two attached hydrogens (primary N) is 3. The average Bonchev–Trinajstić information content (AvgIpc) is 4.11. The van der Waals surface area contributed by atoms with Gasteiger partial charge in [0, 0.05) is 57.0 Å². The number of benzene rings is 1. The second-order valence-corrected chi connectivity index (χ2v) is 19.4. The Morgan fingerprint density at radius 2 is 1.15 bits per heavy atom. The van der Waals surface area contributed by atoms with E-state index < -0.39 is 170 Å². The van der Waals surface area contributed by atoms with Gasteiger partial charge in [-0.2, -0.15) is 0 Å². The van der Waals surface area contributed by atoms with Crippen molar-refractivity contribution < 1.29 is 78.2 Å². The van der Waals surface area contributed by atoms with Gasteiger partial charge in [-0.05, 0) is 75.5 Å². The first kappa shape index (κ1) is 65.1. The van der Waals surface area contributed by atoms with Crippen LogP contribution in [-0.4, -0.2) is 192 Å². The van der Waals surface area contributed by atoms with E-state index in [1.807, 2.05) is 9.97 Å². The Kier molecular flexibility index (Phi) is 24.6. The van der Waals surface area contributed by atoms with Crippen LogP contribution in [0.5, 0.6) is 5.75 Å². The summed E-state index contributed by atoms with van der Waals surface area (Å²) >= 11 is 0. The van der Waals surface area contributed by atoms with Crippen molar-refractivity contribution in [3.63, 3.8) is 0 Å². The van der Waals surface area contributed by atoms with Crippen molar-refractivity contribution in [2.24, 2.45) is 17.2 Å². The van der Waals surface area contributed by atoms with Gasteiger partial charge >= 0.3 is 18.5 Å². The summed E-state index contributed by atoms with van der Waals surface area (Å²) < 4.78 is 18.2. The number of ether oxygens (including phenoxy) is 3. The molecule has 34 heteroatoms. The number of amides is 7. The van der Waals surface area contributed by atoms with Crippen LogP contribution in [-0.2, 0) is 38.2 Å². The highest BCUT2D eigenvalue weighted by molar-refractivity contribution is 6.58. The molecule has 2 aliphatic heterocycles. The van der Waals surface area contributed by atoms with Crippen LogP contribution < -0.4 is 81.8 Å². The van der Waals surface area contributed by atoms with Crippen molar-refractivity contribution in [2.45, 2.75) is 137 Å². The minimum atomic E-state index is -1.89. The molecule has 0 bridgehead atoms. The van der Waals surface area contributed by atoms with E-state index in [4.69, 9.17) is 31.4 Å². The smallest absolute Gasteiger partial charge is 0.488 e. The first-order valence-electron chi connectivity index (χ1n) is 26.1. The molecular formula is C48H70BN13O20. The molecule has 4 heterocycles. The number of aliphatic hydroxyl groups is 4. The lowest BCUT2D eigenvalue weighted by molar-refractivity contribution is -0.134. The number of carbonyl (C=O) groups excluding carboxylic acids is 7. The summed E-state index contributed by atoms with van der Waals surface area (Å²) in [5.74, 6) is -5.84. The van der Waals surface area contributed by atoms with Crippen molar-refractivity contribution in [2.75, 3.05) is 33.3 Å². The lowest BCUT2D eigenvalue weighted by Gasteiger charge is -2.25. The summed E-state index contributed by atoms with van der Waals surface area (Å²) in [6, 6.07) is 0.0860. The third-order valence-corrected chi connectivity index (χ3v) is 13.4. The predicted octanol–water partition coefficient (Wildman–Crippen LogP) is -9.20. The number of hydrogen-bond acceptors (Lipinski definition) is 22. The maximum Gasteiger partial charge on any atom is 0.488 e. The van der Waals surface area contributed by atoms with Crippen LogP contribution in [0, 0.1) is 0 Å². The number of rotatable bonds is 31. The molecule has 0 saturated carbocycles. The van der Waals surface area contributed by atoms with E-state index in [0.717, 1.165) is 33.7 Å². The molecule has 0 radical (unpaired) electrons. The molecule has 82 heavy (non-hydrogen) atoms. The van der Waals surface area contributed by atoms with Gasteiger partial charge in [-0.15, -0.1) is 0 Å². The maximum atomic E-state index is 14.3. The van der Waals surface area contributed by atoms with E-state index in [0.29, 0.717) is 12.8 Å². The van der Waals surface area contributed by atoms with E-state index in [2.05, 4.69) is 31.9 Å². The zero-order chi connectivity index (χ0) is 60.4. The van der Waals surface area contributed by atoms with Gasteiger partial charge in [-0.25, -0.2) is 9.59 Å². The van der Waals surface area contributed by atoms with Crippen LogP contribution >= 0.6 is 0 Å². The number of aromatic amines is 2. The molecule has 2 fully saturated rings. The van der Waals surface area contributed by atoms with E-state index in [9.17, 15) is 83.2 Å². The number of H-pyrrole nitrogens is 2. The van der Waals surface area contributed by atoms with Crippen molar-refractivity contribution in [3.8, 4) is 5.75 Å². The molecule has 2 aromatic heterocycles. The van der Waals surface area contributed by atoms with E-state index in [-0.39, 0.29) is 68.5 Å². The average molecular weight is 1160 g/mol. The molecule has 3 aromatic rings. The molecule has 7 amide bonds. The summed E-state index contributed by atoms with van der Waals surface area (Å²) in [5.41, 5.74) is 14.1. The Morgan fingerprint density at radius 3 is 1.65 bits per heavy atom. The molecule has 1 aromatic carbocycles. The third-order valence-electron chi connectivity index (χ3n) is 13.4. The van der Waals surface area contributed by atoms with Gasteiger partial charge < -0.3 is 93.8 Å². The number of unbranched alkanes of at least 4 members (excludes halogenated alkanes) is 2. The standard InChI is InChI=1S/C48H70BN13O20/c1-80-29-11-8-23(49(78)79)20-24(29)41(72)53-17-5-3-7-27(57-42(73)25(51)9-12-32(63)54-21-30-36(67)38(69)45(81-30)61-18-14-34(65)59-47(61)76)43(74)58-28(44(75)56-26(40(52)71)6-2-4-16-50)10-13-33(64)55-22-31-37(68)39(70)46(82-31)62-19-15-35(66)60-48(62)77/h8,11,14-15,18-20,25-28,30-31,36-39,45-46,67-70,78-79H,2-7,9-10,12-13,16-17,21-22,50-51H2,1H3,(H2,52,71)(H,53,72)(H,54,63)(H,55,64)(H,56,75)(H,57,73)(H,58,74)(H,59,65,76)(H,60,66,77)/t25-,26-,27-,28-,30+,31+,36+,37+,38+,39+,45+,46+/m0/s1. The number of primary amides is 1. The number of aliphatic hydroxyl groups excluding tert-OH is 4. The van der Waals surface area contributed by atoms with Crippen LogP contribution in [0.1, 0.15) is 87.0 Å². The molecule has 0 unspecified atom stereocenters. The second kappa shape index (κ2) is 31.0. The largest absolute Gasteiger partial charge is 0.496 e. The van der Waals surface area contributed by atoms with Crippen LogP contribution in [0.15, 0.2) is 61.9 Å². The van der Waals surface area contributed by atoms with Gasteiger partial charge in [0.05, 0.1) is 18.7 Å². The summed E-state index contributed by atoms with van der Waals surface area (Å²) in [4.78, 5) is 146. The minimum Gasteiger partial charge on any atom is -0.496 e. The van der Waals surface area contributed by atoms with Gasteiger partial charge in [-0.1, -0.05) is 6.07 Å². The van der Waals surface area contributed by atoms with Crippen molar-refractivity contribution in [1.82, 2.24) is 51.0 Å². The second-order valence-electron chi connectivity index (χ2n) is 19.4. The fourth-order valence-electron chi connectivity index (χ4n) is 8.78. The molecule has 0 spiro atoms. The molecule has 12 atom stereocenters. The van der Waals surface area contributed by atoms with Crippen LogP contribution in [0.2, 0.25) is 0 Å². The fraction of sp³-hybridized carbons (Fsp3) is 0.562. The molecular weight excluding hydrogens is 1090 g/mol. The van der Waals surface area contributed by atoms with Gasteiger partial charge in [0.15, 0.2) is 12.5 Å². The molecule has 5 rings (SSSR count). The summed E-state index contributed by atoms with van der Waals surface area (Å²) in [6.45, 7) is -0.577. The number of methoxy groups -OCH3 is 1. The van der Waals surface area contributed by atoms with Gasteiger partial charge in [0.25, 0.3) is 17.0 Å². The van der Waals surface area contributed by atoms with Crippen molar-refractivity contribution in [3.05, 3.63) is 90.0 Å². The molecule has 2 saturated heterocycles. The first-order valence-corrected chi connectivity index (χ1v) is 26.1. The lowest BCUT2D eigenvalue weighted by Crippen LogP contribution is -2.57. The fourth-order valence-corrected chi connectivity index (χ4v) is 8.78. The molecule has 2 aliphatic rings. The number of carbonyl (C=O) groups is 7. The summed E-state index contributed by atoms with van der Waals surface area (Å²) in [7, 11) is -0.583. The van der Waals surface area contributed by atoms with Crippen molar-refractivity contribution >= 4 is 53.9 Å². The normalized spacial score (nSPS) is 21.7.